The van der Waals surface area contributed by atoms with Gasteiger partial charge in [0.25, 0.3) is 0 Å². The van der Waals surface area contributed by atoms with E-state index >= 15 is 0 Å². The summed E-state index contributed by atoms with van der Waals surface area (Å²) in [5.41, 5.74) is 1.45. The molecule has 1 aromatic heterocycles. The molecule has 1 heterocycles. The molecule has 0 aromatic carbocycles. The highest BCUT2D eigenvalue weighted by Gasteiger charge is 2.05. The maximum absolute atomic E-state index is 10.3. The molecule has 0 radical (unpaired) electrons. The lowest BCUT2D eigenvalue weighted by molar-refractivity contribution is 0.593. The molecule has 0 saturated heterocycles. The molecule has 1 rings (SSSR count). The molecule has 0 saturated carbocycles. The van der Waals surface area contributed by atoms with Crippen LogP contribution in [0.3, 0.4) is 0 Å². The van der Waals surface area contributed by atoms with Crippen molar-refractivity contribution in [2.24, 2.45) is 0 Å². The quantitative estimate of drug-likeness (QED) is 0.804. The van der Waals surface area contributed by atoms with Crippen molar-refractivity contribution in [3.05, 3.63) is 22.4 Å². The van der Waals surface area contributed by atoms with Gasteiger partial charge in [0.05, 0.1) is 5.25 Å². The van der Waals surface area contributed by atoms with Crippen LogP contribution in [-0.4, -0.2) is 19.9 Å². The third-order valence-electron chi connectivity index (χ3n) is 2.07. The molecule has 0 aliphatic rings. The van der Waals surface area contributed by atoms with Gasteiger partial charge in [-0.15, -0.1) is 0 Å². The Morgan fingerprint density at radius 1 is 1.20 bits per heavy atom. The van der Waals surface area contributed by atoms with Crippen LogP contribution in [0.5, 0.6) is 0 Å². The summed E-state index contributed by atoms with van der Waals surface area (Å²) < 4.78 is 20.7. The largest absolute Gasteiger partial charge is 0.229 e. The van der Waals surface area contributed by atoms with Gasteiger partial charge in [-0.3, -0.25) is 0 Å². The Balaban J connectivity index is 0.000000265. The summed E-state index contributed by atoms with van der Waals surface area (Å²) in [5.74, 6) is 0.696. The van der Waals surface area contributed by atoms with Crippen molar-refractivity contribution in [2.45, 2.75) is 38.9 Å². The zero-order valence-electron chi connectivity index (χ0n) is 10.0. The van der Waals surface area contributed by atoms with Gasteiger partial charge in [-0.05, 0) is 42.2 Å². The van der Waals surface area contributed by atoms with Gasteiger partial charge in [0.2, 0.25) is 0 Å². The molecule has 0 fully saturated rings. The molecule has 2 nitrogen and oxygen atoms in total. The third-order valence-corrected chi connectivity index (χ3v) is 4.48. The summed E-state index contributed by atoms with van der Waals surface area (Å²) in [6.45, 7) is 7.74. The maximum atomic E-state index is 10.3. The minimum Gasteiger partial charge on any atom is -0.229 e. The van der Waals surface area contributed by atoms with E-state index in [4.69, 9.17) is 0 Å². The Morgan fingerprint density at radius 2 is 1.67 bits per heavy atom. The SMILES string of the molecule is CC(C)S(C)(=O)=O.CC(C)c1ccsc1. The lowest BCUT2D eigenvalue weighted by Crippen LogP contribution is -2.10. The van der Waals surface area contributed by atoms with Crippen molar-refractivity contribution < 1.29 is 8.42 Å². The van der Waals surface area contributed by atoms with Crippen LogP contribution in [0.2, 0.25) is 0 Å². The molecule has 0 unspecified atom stereocenters. The smallest absolute Gasteiger partial charge is 0.149 e. The number of rotatable bonds is 2. The maximum Gasteiger partial charge on any atom is 0.149 e. The number of hydrogen-bond acceptors (Lipinski definition) is 3. The van der Waals surface area contributed by atoms with Gasteiger partial charge in [0, 0.05) is 6.26 Å². The van der Waals surface area contributed by atoms with Crippen LogP contribution >= 0.6 is 11.3 Å². The fourth-order valence-electron chi connectivity index (χ4n) is 0.604. The first-order valence-electron chi connectivity index (χ1n) is 4.96. The summed E-state index contributed by atoms with van der Waals surface area (Å²) in [4.78, 5) is 0. The van der Waals surface area contributed by atoms with Crippen LogP contribution in [0.15, 0.2) is 16.8 Å². The molecule has 0 aliphatic heterocycles. The average molecular weight is 248 g/mol. The first kappa shape index (κ1) is 14.6. The van der Waals surface area contributed by atoms with Crippen molar-refractivity contribution in [3.8, 4) is 0 Å². The van der Waals surface area contributed by atoms with Gasteiger partial charge in [0.15, 0.2) is 0 Å². The second kappa shape index (κ2) is 6.28. The first-order chi connectivity index (χ1) is 6.75. The van der Waals surface area contributed by atoms with Gasteiger partial charge < -0.3 is 0 Å². The van der Waals surface area contributed by atoms with E-state index in [9.17, 15) is 8.42 Å². The Morgan fingerprint density at radius 3 is 1.80 bits per heavy atom. The van der Waals surface area contributed by atoms with E-state index in [1.807, 2.05) is 0 Å². The Hall–Kier alpha value is -0.350. The third kappa shape index (κ3) is 6.68. The average Bonchev–Trinajstić information content (AvgIpc) is 2.54. The Bertz CT molecular complexity index is 348. The highest BCUT2D eigenvalue weighted by Crippen LogP contribution is 2.16. The topological polar surface area (TPSA) is 34.1 Å². The van der Waals surface area contributed by atoms with Crippen LogP contribution in [0.4, 0.5) is 0 Å². The summed E-state index contributed by atoms with van der Waals surface area (Å²) in [6, 6.07) is 2.18. The Kier molecular flexibility index (Phi) is 6.13. The molecule has 15 heavy (non-hydrogen) atoms. The van der Waals surface area contributed by atoms with E-state index in [0.717, 1.165) is 0 Å². The van der Waals surface area contributed by atoms with Gasteiger partial charge in [-0.2, -0.15) is 11.3 Å². The molecule has 0 spiro atoms. The highest BCUT2D eigenvalue weighted by atomic mass is 32.2. The fourth-order valence-corrected chi connectivity index (χ4v) is 1.43. The van der Waals surface area contributed by atoms with E-state index in [-0.39, 0.29) is 5.25 Å². The molecule has 88 valence electrons. The predicted octanol–water partition coefficient (Wildman–Crippen LogP) is 3.31. The minimum absolute atomic E-state index is 0.229. The second-order valence-electron chi connectivity index (χ2n) is 4.09. The van der Waals surface area contributed by atoms with Gasteiger partial charge in [0.1, 0.15) is 9.84 Å². The first-order valence-corrected chi connectivity index (χ1v) is 7.85. The predicted molar refractivity (Wildman–Crippen MR) is 68.4 cm³/mol. The van der Waals surface area contributed by atoms with Gasteiger partial charge in [-0.1, -0.05) is 13.8 Å². The van der Waals surface area contributed by atoms with Gasteiger partial charge in [-0.25, -0.2) is 8.42 Å². The molecule has 0 atom stereocenters. The molecule has 4 heteroatoms. The van der Waals surface area contributed by atoms with Gasteiger partial charge >= 0.3 is 0 Å². The molecular weight excluding hydrogens is 228 g/mol. The van der Waals surface area contributed by atoms with E-state index in [1.165, 1.54) is 11.8 Å². The van der Waals surface area contributed by atoms with Crippen molar-refractivity contribution >= 4 is 21.2 Å². The fraction of sp³-hybridized carbons (Fsp3) is 0.636. The zero-order valence-corrected chi connectivity index (χ0v) is 11.7. The molecular formula is C11H20O2S2. The minimum atomic E-state index is -2.74. The second-order valence-corrected chi connectivity index (χ2v) is 7.47. The van der Waals surface area contributed by atoms with E-state index in [1.54, 1.807) is 25.2 Å². The summed E-state index contributed by atoms with van der Waals surface area (Å²) in [7, 11) is -2.74. The van der Waals surface area contributed by atoms with Crippen LogP contribution < -0.4 is 0 Å². The number of thiophene rings is 1. The lowest BCUT2D eigenvalue weighted by Gasteiger charge is -1.96. The summed E-state index contributed by atoms with van der Waals surface area (Å²) in [6.07, 6.45) is 1.23. The van der Waals surface area contributed by atoms with Crippen LogP contribution in [0.1, 0.15) is 39.2 Å². The van der Waals surface area contributed by atoms with Crippen molar-refractivity contribution in [1.82, 2.24) is 0 Å². The molecule has 0 aliphatic carbocycles. The summed E-state index contributed by atoms with van der Waals surface area (Å²) >= 11 is 1.77. The van der Waals surface area contributed by atoms with Crippen LogP contribution in [0, 0.1) is 0 Å². The van der Waals surface area contributed by atoms with Crippen molar-refractivity contribution in [2.75, 3.05) is 6.26 Å². The van der Waals surface area contributed by atoms with Crippen LogP contribution in [0.25, 0.3) is 0 Å². The normalized spacial score (nSPS) is 11.4. The van der Waals surface area contributed by atoms with Crippen molar-refractivity contribution in [1.29, 1.82) is 0 Å². The Labute approximate surface area is 97.3 Å². The van der Waals surface area contributed by atoms with E-state index in [0.29, 0.717) is 5.92 Å². The lowest BCUT2D eigenvalue weighted by atomic mass is 10.1. The van der Waals surface area contributed by atoms with E-state index < -0.39 is 9.84 Å². The number of sulfone groups is 1. The van der Waals surface area contributed by atoms with Crippen LogP contribution in [-0.2, 0) is 9.84 Å². The highest BCUT2D eigenvalue weighted by molar-refractivity contribution is 7.91. The standard InChI is InChI=1S/C7H10S.C4H10O2S/c1-6(2)7-3-4-8-5-7;1-4(2)7(3,5)6/h3-6H,1-2H3;4H,1-3H3. The molecule has 0 bridgehead atoms. The zero-order chi connectivity index (χ0) is 12.1. The summed E-state index contributed by atoms with van der Waals surface area (Å²) in [5, 5.41) is 4.09. The van der Waals surface area contributed by atoms with Crippen molar-refractivity contribution in [3.63, 3.8) is 0 Å². The monoisotopic (exact) mass is 248 g/mol. The number of hydrogen-bond donors (Lipinski definition) is 0. The molecule has 1 aromatic rings. The van der Waals surface area contributed by atoms with E-state index in [2.05, 4.69) is 30.7 Å². The molecule has 0 N–H and O–H groups in total. The molecule has 0 amide bonds.